The third-order valence-electron chi connectivity index (χ3n) is 2.83. The standard InChI is InChI=1S/C13H17Cl3N4O3S2/c1-2-3-10(21)19-11(13(14,15)16)20-12(24)18-8-4-6-9(7-5-8)25(17,22)23/h4-7,11H,2-3H2,1H3,(H,19,21)(H2,17,22,23)(H2,18,20,24)/t11-/m1/s1. The van der Waals surface area contributed by atoms with Crippen molar-refractivity contribution in [3.05, 3.63) is 24.3 Å². The summed E-state index contributed by atoms with van der Waals surface area (Å²) in [7, 11) is -3.78. The number of sulfonamides is 1. The summed E-state index contributed by atoms with van der Waals surface area (Å²) in [5.74, 6) is -0.299. The molecule has 140 valence electrons. The topological polar surface area (TPSA) is 113 Å². The highest BCUT2D eigenvalue weighted by atomic mass is 35.6. The van der Waals surface area contributed by atoms with Gasteiger partial charge in [0.15, 0.2) is 5.11 Å². The van der Waals surface area contributed by atoms with Crippen LogP contribution in [0.4, 0.5) is 5.69 Å². The Balaban J connectivity index is 2.76. The number of hydrogen-bond acceptors (Lipinski definition) is 4. The Morgan fingerprint density at radius 1 is 1.24 bits per heavy atom. The molecular formula is C13H17Cl3N4O3S2. The monoisotopic (exact) mass is 446 g/mol. The molecule has 0 radical (unpaired) electrons. The average Bonchev–Trinajstić information content (AvgIpc) is 2.45. The fraction of sp³-hybridized carbons (Fsp3) is 0.385. The van der Waals surface area contributed by atoms with Crippen molar-refractivity contribution < 1.29 is 13.2 Å². The number of nitrogens with one attached hydrogen (secondary N) is 3. The number of carbonyl (C=O) groups is 1. The Labute approximate surface area is 166 Å². The summed E-state index contributed by atoms with van der Waals surface area (Å²) in [6, 6.07) is 5.56. The lowest BCUT2D eigenvalue weighted by Gasteiger charge is -2.27. The normalized spacial score (nSPS) is 13.0. The minimum Gasteiger partial charge on any atom is -0.339 e. The van der Waals surface area contributed by atoms with Crippen molar-refractivity contribution in [2.24, 2.45) is 5.14 Å². The van der Waals surface area contributed by atoms with Gasteiger partial charge in [0, 0.05) is 12.1 Å². The number of amides is 1. The van der Waals surface area contributed by atoms with Crippen LogP contribution in [-0.2, 0) is 14.8 Å². The van der Waals surface area contributed by atoms with E-state index in [2.05, 4.69) is 16.0 Å². The number of carbonyl (C=O) groups excluding carboxylic acids is 1. The molecule has 0 spiro atoms. The molecule has 0 aliphatic heterocycles. The van der Waals surface area contributed by atoms with Gasteiger partial charge in [-0.15, -0.1) is 0 Å². The van der Waals surface area contributed by atoms with Crippen LogP contribution in [0.5, 0.6) is 0 Å². The number of anilines is 1. The lowest BCUT2D eigenvalue weighted by molar-refractivity contribution is -0.121. The van der Waals surface area contributed by atoms with Gasteiger partial charge < -0.3 is 16.0 Å². The summed E-state index contributed by atoms with van der Waals surface area (Å²) < 4.78 is 20.6. The molecule has 0 heterocycles. The summed E-state index contributed by atoms with van der Waals surface area (Å²) in [5, 5.41) is 13.1. The first kappa shape index (κ1) is 22.2. The number of primary sulfonamides is 1. The zero-order valence-corrected chi connectivity index (χ0v) is 17.0. The van der Waals surface area contributed by atoms with Crippen molar-refractivity contribution in [3.63, 3.8) is 0 Å². The van der Waals surface area contributed by atoms with E-state index in [1.165, 1.54) is 24.3 Å². The van der Waals surface area contributed by atoms with Crippen LogP contribution >= 0.6 is 47.0 Å². The van der Waals surface area contributed by atoms with Crippen LogP contribution in [-0.4, -0.2) is 29.4 Å². The molecule has 7 nitrogen and oxygen atoms in total. The number of nitrogens with two attached hydrogens (primary N) is 1. The minimum atomic E-state index is -3.78. The zero-order valence-electron chi connectivity index (χ0n) is 13.1. The van der Waals surface area contributed by atoms with Crippen LogP contribution in [0.25, 0.3) is 0 Å². The Kier molecular flexibility index (Phi) is 8.17. The highest BCUT2D eigenvalue weighted by molar-refractivity contribution is 7.89. The second kappa shape index (κ2) is 9.20. The number of halogens is 3. The van der Waals surface area contributed by atoms with Gasteiger partial charge in [0.2, 0.25) is 19.7 Å². The average molecular weight is 448 g/mol. The van der Waals surface area contributed by atoms with E-state index in [9.17, 15) is 13.2 Å². The zero-order chi connectivity index (χ0) is 19.3. The van der Waals surface area contributed by atoms with E-state index in [4.69, 9.17) is 52.2 Å². The Bertz CT molecular complexity index is 721. The smallest absolute Gasteiger partial charge is 0.238 e. The van der Waals surface area contributed by atoms with E-state index in [0.717, 1.165) is 0 Å². The van der Waals surface area contributed by atoms with E-state index in [1.807, 2.05) is 6.92 Å². The molecule has 0 fully saturated rings. The molecule has 1 amide bonds. The van der Waals surface area contributed by atoms with Gasteiger partial charge in [-0.2, -0.15) is 0 Å². The quantitative estimate of drug-likeness (QED) is 0.302. The van der Waals surface area contributed by atoms with Crippen LogP contribution < -0.4 is 21.1 Å². The first-order valence-electron chi connectivity index (χ1n) is 7.00. The predicted molar refractivity (Wildman–Crippen MR) is 104 cm³/mol. The van der Waals surface area contributed by atoms with Gasteiger partial charge in [-0.3, -0.25) is 4.79 Å². The molecule has 0 aromatic heterocycles. The summed E-state index contributed by atoms with van der Waals surface area (Å²) >= 11 is 22.7. The van der Waals surface area contributed by atoms with E-state index >= 15 is 0 Å². The number of hydrogen-bond donors (Lipinski definition) is 4. The van der Waals surface area contributed by atoms with Crippen LogP contribution in [0.15, 0.2) is 29.2 Å². The van der Waals surface area contributed by atoms with Crippen molar-refractivity contribution in [2.45, 2.75) is 34.6 Å². The maximum atomic E-state index is 11.7. The lowest BCUT2D eigenvalue weighted by atomic mass is 10.3. The van der Waals surface area contributed by atoms with E-state index in [1.54, 1.807) is 0 Å². The molecular weight excluding hydrogens is 431 g/mol. The number of alkyl halides is 3. The first-order valence-corrected chi connectivity index (χ1v) is 10.1. The molecule has 0 aliphatic carbocycles. The third kappa shape index (κ3) is 7.93. The molecule has 25 heavy (non-hydrogen) atoms. The fourth-order valence-corrected chi connectivity index (χ4v) is 2.76. The number of thiocarbonyl (C=S) groups is 1. The Hall–Kier alpha value is -0.840. The molecule has 0 saturated carbocycles. The Morgan fingerprint density at radius 3 is 2.24 bits per heavy atom. The van der Waals surface area contributed by atoms with E-state index in [0.29, 0.717) is 12.1 Å². The van der Waals surface area contributed by atoms with Crippen molar-refractivity contribution in [1.29, 1.82) is 0 Å². The van der Waals surface area contributed by atoms with Gasteiger partial charge in [0.25, 0.3) is 0 Å². The highest BCUT2D eigenvalue weighted by Crippen LogP contribution is 2.29. The van der Waals surface area contributed by atoms with Crippen LogP contribution in [0.2, 0.25) is 0 Å². The van der Waals surface area contributed by atoms with Crippen LogP contribution in [0.3, 0.4) is 0 Å². The lowest BCUT2D eigenvalue weighted by Crippen LogP contribution is -2.56. The maximum Gasteiger partial charge on any atom is 0.238 e. The molecule has 1 aromatic rings. The molecule has 0 unspecified atom stereocenters. The predicted octanol–water partition coefficient (Wildman–Crippen LogP) is 2.23. The summed E-state index contributed by atoms with van der Waals surface area (Å²) in [6.45, 7) is 1.84. The van der Waals surface area contributed by atoms with Crippen LogP contribution in [0, 0.1) is 0 Å². The van der Waals surface area contributed by atoms with Gasteiger partial charge in [-0.25, -0.2) is 13.6 Å². The first-order chi connectivity index (χ1) is 11.4. The highest BCUT2D eigenvalue weighted by Gasteiger charge is 2.34. The molecule has 0 bridgehead atoms. The van der Waals surface area contributed by atoms with Crippen molar-refractivity contribution in [1.82, 2.24) is 10.6 Å². The molecule has 0 aliphatic rings. The molecule has 0 saturated heterocycles. The molecule has 12 heteroatoms. The summed E-state index contributed by atoms with van der Waals surface area (Å²) in [6.07, 6.45) is -0.147. The van der Waals surface area contributed by atoms with Crippen molar-refractivity contribution >= 4 is 73.8 Å². The number of rotatable bonds is 6. The Morgan fingerprint density at radius 2 is 1.80 bits per heavy atom. The van der Waals surface area contributed by atoms with Gasteiger partial charge in [-0.1, -0.05) is 41.7 Å². The van der Waals surface area contributed by atoms with E-state index in [-0.39, 0.29) is 22.3 Å². The van der Waals surface area contributed by atoms with E-state index < -0.39 is 20.0 Å². The third-order valence-corrected chi connectivity index (χ3v) is 4.63. The second-order valence-electron chi connectivity index (χ2n) is 4.96. The summed E-state index contributed by atoms with van der Waals surface area (Å²) in [5.41, 5.74) is 0.479. The molecule has 1 rings (SSSR count). The SMILES string of the molecule is CCCC(=O)N[C@H](NC(=S)Nc1ccc(S(N)(=O)=O)cc1)C(Cl)(Cl)Cl. The molecule has 1 atom stereocenters. The minimum absolute atomic E-state index is 0.0390. The number of benzene rings is 1. The maximum absolute atomic E-state index is 11.7. The second-order valence-corrected chi connectivity index (χ2v) is 9.30. The van der Waals surface area contributed by atoms with Gasteiger partial charge in [0.05, 0.1) is 4.90 Å². The largest absolute Gasteiger partial charge is 0.339 e. The molecule has 1 aromatic carbocycles. The van der Waals surface area contributed by atoms with Crippen LogP contribution in [0.1, 0.15) is 19.8 Å². The van der Waals surface area contributed by atoms with Gasteiger partial charge in [0.1, 0.15) is 6.17 Å². The summed E-state index contributed by atoms with van der Waals surface area (Å²) in [4.78, 5) is 11.7. The van der Waals surface area contributed by atoms with Gasteiger partial charge in [-0.05, 0) is 42.9 Å². The van der Waals surface area contributed by atoms with Crippen molar-refractivity contribution in [3.8, 4) is 0 Å². The van der Waals surface area contributed by atoms with Crippen molar-refractivity contribution in [2.75, 3.05) is 5.32 Å². The van der Waals surface area contributed by atoms with Gasteiger partial charge >= 0.3 is 0 Å². The molecule has 5 N–H and O–H groups in total. The fourth-order valence-electron chi connectivity index (χ4n) is 1.69.